The molecule has 0 bridgehead atoms. The lowest BCUT2D eigenvalue weighted by molar-refractivity contribution is -0.131. The number of nitrogens with one attached hydrogen (secondary N) is 4. The zero-order valence-electron chi connectivity index (χ0n) is 28.5. The maximum absolute atomic E-state index is 15.3. The van der Waals surface area contributed by atoms with Crippen molar-refractivity contribution < 1.29 is 28.6 Å². The van der Waals surface area contributed by atoms with Crippen molar-refractivity contribution in [1.29, 1.82) is 0 Å². The molecule has 50 heavy (non-hydrogen) atoms. The maximum atomic E-state index is 15.3. The molecule has 5 rings (SSSR count). The normalized spacial score (nSPS) is 18.3. The zero-order valence-corrected chi connectivity index (χ0v) is 28.5. The number of H-pyrrole nitrogens is 1. The topological polar surface area (TPSA) is 162 Å². The van der Waals surface area contributed by atoms with Gasteiger partial charge in [-0.1, -0.05) is 68.5 Å². The van der Waals surface area contributed by atoms with Crippen molar-refractivity contribution >= 4 is 17.8 Å². The second-order valence-corrected chi connectivity index (χ2v) is 13.4. The van der Waals surface area contributed by atoms with E-state index in [4.69, 9.17) is 4.74 Å². The summed E-state index contributed by atoms with van der Waals surface area (Å²) in [4.78, 5) is 54.2. The summed E-state index contributed by atoms with van der Waals surface area (Å²) in [5.41, 5.74) is 2.05. The molecule has 5 atom stereocenters. The number of nitrogens with zero attached hydrogens (tertiary/aromatic N) is 3. The first-order valence-electron chi connectivity index (χ1n) is 17.8. The van der Waals surface area contributed by atoms with Crippen molar-refractivity contribution in [3.63, 3.8) is 0 Å². The molecular formula is C37H50FN7O5. The number of imidazole rings is 1. The Morgan fingerprint density at radius 2 is 1.64 bits per heavy atom. The Balaban J connectivity index is 1.32. The number of aromatic nitrogens is 3. The highest BCUT2D eigenvalue weighted by atomic mass is 19.1. The quantitative estimate of drug-likeness (QED) is 0.154. The molecule has 0 radical (unpaired) electrons. The number of halogens is 1. The summed E-state index contributed by atoms with van der Waals surface area (Å²) in [7, 11) is 0. The number of hydrogen-bond donors (Lipinski definition) is 5. The van der Waals surface area contributed by atoms with Gasteiger partial charge in [0.15, 0.2) is 0 Å². The minimum absolute atomic E-state index is 0.0550. The SMILES string of the molecule is O=C(N[C@@H](CC1CCCCC1)[C@@H](O)CC(F)Cc1ccccn1)[C@H](Cc1cnc[nH]1)NC(=O)[C@H](Cc1ccccc1)NC(=O)N1CCOCC1. The van der Waals surface area contributed by atoms with Gasteiger partial charge in [-0.05, 0) is 30.0 Å². The lowest BCUT2D eigenvalue weighted by atomic mass is 9.83. The van der Waals surface area contributed by atoms with Gasteiger partial charge >= 0.3 is 6.03 Å². The zero-order chi connectivity index (χ0) is 35.1. The Kier molecular flexibility index (Phi) is 14.1. The van der Waals surface area contributed by atoms with Crippen LogP contribution in [0.3, 0.4) is 0 Å². The van der Waals surface area contributed by atoms with Gasteiger partial charge in [0.25, 0.3) is 0 Å². The van der Waals surface area contributed by atoms with Crippen molar-refractivity contribution in [2.45, 2.75) is 94.6 Å². The lowest BCUT2D eigenvalue weighted by Gasteiger charge is -2.32. The highest BCUT2D eigenvalue weighted by molar-refractivity contribution is 5.92. The average Bonchev–Trinajstić information content (AvgIpc) is 3.65. The van der Waals surface area contributed by atoms with Crippen LogP contribution in [0.5, 0.6) is 0 Å². The van der Waals surface area contributed by atoms with E-state index in [1.807, 2.05) is 30.3 Å². The first kappa shape index (κ1) is 36.9. The fraction of sp³-hybridized carbons (Fsp3) is 0.541. The van der Waals surface area contributed by atoms with Gasteiger partial charge in [0.2, 0.25) is 11.8 Å². The summed E-state index contributed by atoms with van der Waals surface area (Å²) in [5, 5.41) is 20.2. The summed E-state index contributed by atoms with van der Waals surface area (Å²) in [6, 6.07) is 11.5. The maximum Gasteiger partial charge on any atom is 0.318 e. The van der Waals surface area contributed by atoms with Gasteiger partial charge in [0.05, 0.1) is 31.7 Å². The van der Waals surface area contributed by atoms with Crippen molar-refractivity contribution in [3.8, 4) is 0 Å². The molecule has 4 amide bonds. The Labute approximate surface area is 293 Å². The number of rotatable bonds is 16. The molecule has 2 aromatic heterocycles. The predicted molar refractivity (Wildman–Crippen MR) is 186 cm³/mol. The Hall–Kier alpha value is -4.36. The molecule has 0 spiro atoms. The van der Waals surface area contributed by atoms with Gasteiger partial charge in [-0.3, -0.25) is 14.6 Å². The van der Waals surface area contributed by atoms with E-state index in [0.717, 1.165) is 37.7 Å². The monoisotopic (exact) mass is 691 g/mol. The molecule has 1 saturated carbocycles. The van der Waals surface area contributed by atoms with E-state index < -0.39 is 42.2 Å². The molecule has 1 aromatic carbocycles. The number of aromatic amines is 1. The first-order valence-corrected chi connectivity index (χ1v) is 17.8. The number of ether oxygens (including phenoxy) is 1. The number of amides is 4. The molecule has 13 heteroatoms. The number of hydrogen-bond acceptors (Lipinski definition) is 7. The molecule has 1 saturated heterocycles. The molecule has 3 aromatic rings. The average molecular weight is 692 g/mol. The van der Waals surface area contributed by atoms with Gasteiger partial charge in [0, 0.05) is 62.6 Å². The van der Waals surface area contributed by atoms with Crippen molar-refractivity contribution in [1.82, 2.24) is 35.8 Å². The molecular weight excluding hydrogens is 641 g/mol. The first-order chi connectivity index (χ1) is 24.3. The van der Waals surface area contributed by atoms with Crippen LogP contribution in [-0.2, 0) is 33.6 Å². The van der Waals surface area contributed by atoms with Crippen LogP contribution in [0.2, 0.25) is 0 Å². The van der Waals surface area contributed by atoms with Crippen LogP contribution in [0.25, 0.3) is 0 Å². The number of carbonyl (C=O) groups excluding carboxylic acids is 3. The molecule has 1 aliphatic heterocycles. The van der Waals surface area contributed by atoms with Crippen molar-refractivity contribution in [2.24, 2.45) is 5.92 Å². The summed E-state index contributed by atoms with van der Waals surface area (Å²) in [6.07, 6.45) is 8.10. The van der Waals surface area contributed by atoms with E-state index >= 15 is 4.39 Å². The van der Waals surface area contributed by atoms with Crippen LogP contribution in [0, 0.1) is 5.92 Å². The highest BCUT2D eigenvalue weighted by Gasteiger charge is 2.33. The van der Waals surface area contributed by atoms with E-state index in [0.29, 0.717) is 44.1 Å². The van der Waals surface area contributed by atoms with Gasteiger partial charge < -0.3 is 35.7 Å². The van der Waals surface area contributed by atoms with E-state index in [2.05, 4.69) is 30.9 Å². The number of morpholine rings is 1. The van der Waals surface area contributed by atoms with Gasteiger partial charge in [-0.25, -0.2) is 14.2 Å². The smallest absolute Gasteiger partial charge is 0.318 e. The second-order valence-electron chi connectivity index (χ2n) is 13.4. The summed E-state index contributed by atoms with van der Waals surface area (Å²) in [5.74, 6) is -0.756. The lowest BCUT2D eigenvalue weighted by Crippen LogP contribution is -2.59. The van der Waals surface area contributed by atoms with Crippen molar-refractivity contribution in [3.05, 3.63) is 84.2 Å². The third-order valence-electron chi connectivity index (χ3n) is 9.57. The Bertz CT molecular complexity index is 1450. The summed E-state index contributed by atoms with van der Waals surface area (Å²) in [6.45, 7) is 1.64. The van der Waals surface area contributed by atoms with E-state index in [1.165, 1.54) is 6.33 Å². The second kappa shape index (κ2) is 19.1. The summed E-state index contributed by atoms with van der Waals surface area (Å²) >= 11 is 0. The molecule has 1 unspecified atom stereocenters. The van der Waals surface area contributed by atoms with Gasteiger partial charge in [-0.15, -0.1) is 0 Å². The summed E-state index contributed by atoms with van der Waals surface area (Å²) < 4.78 is 20.7. The number of pyridine rings is 1. The van der Waals surface area contributed by atoms with Crippen LogP contribution in [0.4, 0.5) is 9.18 Å². The van der Waals surface area contributed by atoms with Gasteiger partial charge in [-0.2, -0.15) is 0 Å². The molecule has 270 valence electrons. The molecule has 2 fully saturated rings. The van der Waals surface area contributed by atoms with E-state index in [1.54, 1.807) is 35.5 Å². The van der Waals surface area contributed by atoms with Gasteiger partial charge in [0.1, 0.15) is 18.3 Å². The predicted octanol–water partition coefficient (Wildman–Crippen LogP) is 3.27. The third kappa shape index (κ3) is 11.6. The Morgan fingerprint density at radius 1 is 0.920 bits per heavy atom. The van der Waals surface area contributed by atoms with Crippen LogP contribution < -0.4 is 16.0 Å². The van der Waals surface area contributed by atoms with E-state index in [-0.39, 0.29) is 37.6 Å². The molecule has 12 nitrogen and oxygen atoms in total. The number of urea groups is 1. The standard InChI is InChI=1S/C37H50FN7O5/c38-28(21-29-13-7-8-14-40-29)22-34(46)31(19-26-9-3-1-4-10-26)42-36(48)33(23-30-24-39-25-41-30)43-35(47)32(20-27-11-5-2-6-12-27)44-37(49)45-15-17-50-18-16-45/h2,5-8,11-14,24-26,28,31-34,46H,1,3-4,9-10,15-23H2,(H,39,41)(H,42,48)(H,43,47)(H,44,49)/t28?,31-,32-,33-,34-/m0/s1. The number of benzene rings is 1. The third-order valence-corrected chi connectivity index (χ3v) is 9.57. The van der Waals surface area contributed by atoms with Crippen LogP contribution in [0.15, 0.2) is 67.3 Å². The minimum atomic E-state index is -1.36. The number of alkyl halides is 1. The fourth-order valence-corrected chi connectivity index (χ4v) is 6.80. The molecule has 5 N–H and O–H groups in total. The molecule has 1 aliphatic carbocycles. The molecule has 2 aliphatic rings. The number of carbonyl (C=O) groups is 3. The Morgan fingerprint density at radius 3 is 2.34 bits per heavy atom. The van der Waals surface area contributed by atoms with Crippen LogP contribution in [0.1, 0.15) is 61.9 Å². The van der Waals surface area contributed by atoms with Crippen molar-refractivity contribution in [2.75, 3.05) is 26.3 Å². The number of aliphatic hydroxyl groups excluding tert-OH is 1. The van der Waals surface area contributed by atoms with Crippen LogP contribution >= 0.6 is 0 Å². The number of aliphatic hydroxyl groups is 1. The largest absolute Gasteiger partial charge is 0.391 e. The molecule has 3 heterocycles. The minimum Gasteiger partial charge on any atom is -0.391 e. The fourth-order valence-electron chi connectivity index (χ4n) is 6.80. The van der Waals surface area contributed by atoms with Crippen LogP contribution in [-0.4, -0.2) is 99.5 Å². The van der Waals surface area contributed by atoms with E-state index in [9.17, 15) is 19.5 Å². The highest BCUT2D eigenvalue weighted by Crippen LogP contribution is 2.29.